The van der Waals surface area contributed by atoms with Crippen LogP contribution in [-0.4, -0.2) is 21.5 Å². The maximum atomic E-state index is 12.3. The van der Waals surface area contributed by atoms with Crippen LogP contribution in [-0.2, 0) is 0 Å². The number of non-ortho nitro benzene ring substituents is 1. The summed E-state index contributed by atoms with van der Waals surface area (Å²) in [6, 6.07) is 20.1. The largest absolute Gasteiger partial charge is 0.271 e. The van der Waals surface area contributed by atoms with Gasteiger partial charge >= 0.3 is 0 Å². The molecule has 0 aliphatic carbocycles. The van der Waals surface area contributed by atoms with Crippen molar-refractivity contribution in [1.82, 2.24) is 10.4 Å². The van der Waals surface area contributed by atoms with Gasteiger partial charge in [-0.25, -0.2) is 5.43 Å². The van der Waals surface area contributed by atoms with Gasteiger partial charge in [-0.05, 0) is 24.3 Å². The van der Waals surface area contributed by atoms with E-state index in [0.29, 0.717) is 11.4 Å². The molecule has 7 heteroatoms. The first-order valence-corrected chi connectivity index (χ1v) is 7.74. The molecular formula is C19H14N4O3. The van der Waals surface area contributed by atoms with Gasteiger partial charge in [0.1, 0.15) is 5.71 Å². The van der Waals surface area contributed by atoms with Crippen LogP contribution in [0, 0.1) is 10.1 Å². The minimum atomic E-state index is -0.519. The molecular weight excluding hydrogens is 332 g/mol. The van der Waals surface area contributed by atoms with Crippen LogP contribution in [0.1, 0.15) is 21.6 Å². The molecule has 0 spiro atoms. The number of nitrogens with zero attached hydrogens (tertiary/aromatic N) is 3. The Morgan fingerprint density at radius 2 is 1.62 bits per heavy atom. The van der Waals surface area contributed by atoms with Gasteiger partial charge in [0.25, 0.3) is 11.6 Å². The van der Waals surface area contributed by atoms with Gasteiger partial charge < -0.3 is 0 Å². The molecule has 1 heterocycles. The van der Waals surface area contributed by atoms with Gasteiger partial charge in [0.2, 0.25) is 0 Å². The summed E-state index contributed by atoms with van der Waals surface area (Å²) in [7, 11) is 0. The molecule has 3 aromatic rings. The predicted octanol–water partition coefficient (Wildman–Crippen LogP) is 3.17. The van der Waals surface area contributed by atoms with Crippen LogP contribution in [0.3, 0.4) is 0 Å². The minimum absolute atomic E-state index is 0.0801. The van der Waals surface area contributed by atoms with Crippen molar-refractivity contribution in [2.24, 2.45) is 5.10 Å². The maximum absolute atomic E-state index is 12.3. The molecule has 0 fully saturated rings. The number of carbonyl (C=O) groups excluding carboxylic acids is 1. The van der Waals surface area contributed by atoms with Crippen LogP contribution >= 0.6 is 0 Å². The number of hydrogen-bond acceptors (Lipinski definition) is 5. The average molecular weight is 346 g/mol. The Bertz CT molecular complexity index is 898. The van der Waals surface area contributed by atoms with Gasteiger partial charge in [-0.1, -0.05) is 36.4 Å². The summed E-state index contributed by atoms with van der Waals surface area (Å²) in [5, 5.41) is 14.9. The molecule has 128 valence electrons. The van der Waals surface area contributed by atoms with Crippen LogP contribution in [0.5, 0.6) is 0 Å². The molecule has 0 radical (unpaired) electrons. The molecule has 0 aliphatic heterocycles. The number of nitro groups is 1. The van der Waals surface area contributed by atoms with Crippen LogP contribution in [0.4, 0.5) is 5.69 Å². The van der Waals surface area contributed by atoms with Crippen LogP contribution in [0.2, 0.25) is 0 Å². The highest BCUT2D eigenvalue weighted by Crippen LogP contribution is 2.12. The number of nitro benzene ring substituents is 1. The topological polar surface area (TPSA) is 97.5 Å². The van der Waals surface area contributed by atoms with Crippen LogP contribution in [0.25, 0.3) is 0 Å². The number of carbonyl (C=O) groups is 1. The van der Waals surface area contributed by atoms with Crippen molar-refractivity contribution in [3.05, 3.63) is 106 Å². The molecule has 0 saturated heterocycles. The van der Waals surface area contributed by atoms with Gasteiger partial charge in [0.05, 0.1) is 10.6 Å². The zero-order chi connectivity index (χ0) is 18.4. The number of hydrazone groups is 1. The van der Waals surface area contributed by atoms with E-state index in [1.807, 2.05) is 36.4 Å². The quantitative estimate of drug-likeness (QED) is 0.436. The number of benzene rings is 2. The number of hydrogen-bond donors (Lipinski definition) is 1. The number of aromatic nitrogens is 1. The lowest BCUT2D eigenvalue weighted by atomic mass is 10.1. The molecule has 0 bridgehead atoms. The van der Waals surface area contributed by atoms with Crippen LogP contribution < -0.4 is 5.43 Å². The first kappa shape index (κ1) is 17.0. The smallest absolute Gasteiger partial charge is 0.267 e. The average Bonchev–Trinajstić information content (AvgIpc) is 2.69. The zero-order valence-electron chi connectivity index (χ0n) is 13.6. The lowest BCUT2D eigenvalue weighted by molar-refractivity contribution is -0.384. The first-order valence-electron chi connectivity index (χ1n) is 7.74. The Kier molecular flexibility index (Phi) is 5.09. The fourth-order valence-electron chi connectivity index (χ4n) is 2.27. The zero-order valence-corrected chi connectivity index (χ0v) is 13.6. The number of amides is 1. The van der Waals surface area contributed by atoms with Crippen molar-refractivity contribution in [2.75, 3.05) is 0 Å². The predicted molar refractivity (Wildman–Crippen MR) is 96.9 cm³/mol. The van der Waals surface area contributed by atoms with Crippen LogP contribution in [0.15, 0.2) is 84.1 Å². The molecule has 3 rings (SSSR count). The fraction of sp³-hybridized carbons (Fsp3) is 0. The van der Waals surface area contributed by atoms with E-state index >= 15 is 0 Å². The lowest BCUT2D eigenvalue weighted by Gasteiger charge is -2.07. The summed E-state index contributed by atoms with van der Waals surface area (Å²) >= 11 is 0. The normalized spacial score (nSPS) is 11.0. The summed E-state index contributed by atoms with van der Waals surface area (Å²) in [5.41, 5.74) is 4.60. The Balaban J connectivity index is 1.86. The Morgan fingerprint density at radius 3 is 2.23 bits per heavy atom. The van der Waals surface area contributed by atoms with Gasteiger partial charge in [0.15, 0.2) is 0 Å². The van der Waals surface area contributed by atoms with Gasteiger partial charge in [-0.2, -0.15) is 5.10 Å². The maximum Gasteiger partial charge on any atom is 0.271 e. The summed E-state index contributed by atoms with van der Waals surface area (Å²) < 4.78 is 0. The first-order chi connectivity index (χ1) is 12.6. The van der Waals surface area contributed by atoms with Gasteiger partial charge in [-0.3, -0.25) is 19.9 Å². The van der Waals surface area contributed by atoms with E-state index < -0.39 is 10.8 Å². The molecule has 0 aliphatic rings. The molecule has 0 unspecified atom stereocenters. The second kappa shape index (κ2) is 7.80. The van der Waals surface area contributed by atoms with Crippen molar-refractivity contribution in [3.63, 3.8) is 0 Å². The SMILES string of the molecule is O=C(N/N=C(\c1ccccc1)c1ccccn1)c1ccc([N+](=O)[O-])cc1. The van der Waals surface area contributed by atoms with Gasteiger partial charge in [0, 0.05) is 29.5 Å². The van der Waals surface area contributed by atoms with Crippen molar-refractivity contribution >= 4 is 17.3 Å². The monoisotopic (exact) mass is 346 g/mol. The summed E-state index contributed by atoms with van der Waals surface area (Å²) in [5.74, 6) is -0.468. The van der Waals surface area contributed by atoms with Gasteiger partial charge in [-0.15, -0.1) is 0 Å². The molecule has 26 heavy (non-hydrogen) atoms. The van der Waals surface area contributed by atoms with E-state index in [2.05, 4.69) is 15.5 Å². The van der Waals surface area contributed by atoms with Crippen molar-refractivity contribution < 1.29 is 9.72 Å². The highest BCUT2D eigenvalue weighted by Gasteiger charge is 2.11. The number of rotatable bonds is 5. The fourth-order valence-corrected chi connectivity index (χ4v) is 2.27. The molecule has 0 saturated carbocycles. The summed E-state index contributed by atoms with van der Waals surface area (Å²) in [6.07, 6.45) is 1.64. The van der Waals surface area contributed by atoms with E-state index in [1.54, 1.807) is 18.3 Å². The van der Waals surface area contributed by atoms with E-state index in [1.165, 1.54) is 24.3 Å². The van der Waals surface area contributed by atoms with E-state index in [9.17, 15) is 14.9 Å². The van der Waals surface area contributed by atoms with E-state index in [0.717, 1.165) is 5.56 Å². The number of nitrogens with one attached hydrogen (secondary N) is 1. The third-order valence-electron chi connectivity index (χ3n) is 3.56. The Morgan fingerprint density at radius 1 is 0.923 bits per heavy atom. The van der Waals surface area contributed by atoms with Crippen molar-refractivity contribution in [2.45, 2.75) is 0 Å². The minimum Gasteiger partial charge on any atom is -0.267 e. The summed E-state index contributed by atoms with van der Waals surface area (Å²) in [6.45, 7) is 0. The van der Waals surface area contributed by atoms with E-state index in [4.69, 9.17) is 0 Å². The third kappa shape index (κ3) is 3.96. The van der Waals surface area contributed by atoms with Crippen molar-refractivity contribution in [3.8, 4) is 0 Å². The van der Waals surface area contributed by atoms with E-state index in [-0.39, 0.29) is 11.3 Å². The molecule has 0 atom stereocenters. The van der Waals surface area contributed by atoms with Crippen molar-refractivity contribution in [1.29, 1.82) is 0 Å². The third-order valence-corrected chi connectivity index (χ3v) is 3.56. The molecule has 1 aromatic heterocycles. The molecule has 7 nitrogen and oxygen atoms in total. The molecule has 1 N–H and O–H groups in total. The molecule has 2 aromatic carbocycles. The second-order valence-corrected chi connectivity index (χ2v) is 5.29. The second-order valence-electron chi connectivity index (χ2n) is 5.29. The lowest BCUT2D eigenvalue weighted by Crippen LogP contribution is -2.21. The Labute approximate surface area is 149 Å². The highest BCUT2D eigenvalue weighted by atomic mass is 16.6. The highest BCUT2D eigenvalue weighted by molar-refractivity contribution is 6.12. The Hall–Kier alpha value is -3.87. The number of pyridine rings is 1. The molecule has 1 amide bonds. The standard InChI is InChI=1S/C19H14N4O3/c24-19(15-9-11-16(12-10-15)23(25)26)22-21-18(14-6-2-1-3-7-14)17-8-4-5-13-20-17/h1-13H,(H,22,24)/b21-18+. The summed E-state index contributed by atoms with van der Waals surface area (Å²) in [4.78, 5) is 26.7.